The number of aromatic nitrogens is 2. The SMILES string of the molecule is O=c1[nH]c(-c2ccc(C3(O)CCCC3)cc2)cn2cc(F)cc12. The Morgan fingerprint density at radius 2 is 1.83 bits per heavy atom. The topological polar surface area (TPSA) is 57.5 Å². The first kappa shape index (κ1) is 14.2. The van der Waals surface area contributed by atoms with E-state index in [1.54, 1.807) is 6.20 Å². The molecule has 0 bridgehead atoms. The molecule has 1 aromatic carbocycles. The highest BCUT2D eigenvalue weighted by Crippen LogP contribution is 2.38. The summed E-state index contributed by atoms with van der Waals surface area (Å²) in [7, 11) is 0. The van der Waals surface area contributed by atoms with Gasteiger partial charge >= 0.3 is 0 Å². The fourth-order valence-electron chi connectivity index (χ4n) is 3.45. The molecule has 2 N–H and O–H groups in total. The molecule has 0 atom stereocenters. The molecule has 0 saturated heterocycles. The fourth-order valence-corrected chi connectivity index (χ4v) is 3.45. The van der Waals surface area contributed by atoms with E-state index >= 15 is 0 Å². The van der Waals surface area contributed by atoms with E-state index in [9.17, 15) is 14.3 Å². The van der Waals surface area contributed by atoms with E-state index in [1.807, 2.05) is 24.3 Å². The van der Waals surface area contributed by atoms with Crippen LogP contribution in [0.2, 0.25) is 0 Å². The molecule has 0 unspecified atom stereocenters. The third-order valence-corrected chi connectivity index (χ3v) is 4.73. The summed E-state index contributed by atoms with van der Waals surface area (Å²) in [4.78, 5) is 14.8. The second-order valence-corrected chi connectivity index (χ2v) is 6.26. The van der Waals surface area contributed by atoms with Crippen molar-refractivity contribution in [2.24, 2.45) is 0 Å². The molecule has 118 valence electrons. The van der Waals surface area contributed by atoms with Gasteiger partial charge in [0, 0.05) is 18.5 Å². The Hall–Kier alpha value is -2.40. The van der Waals surface area contributed by atoms with Crippen LogP contribution in [0.15, 0.2) is 47.5 Å². The molecule has 5 heteroatoms. The highest BCUT2D eigenvalue weighted by Gasteiger charge is 2.32. The van der Waals surface area contributed by atoms with Gasteiger partial charge in [-0.05, 0) is 24.0 Å². The Bertz CT molecular complexity index is 918. The lowest BCUT2D eigenvalue weighted by atomic mass is 9.91. The van der Waals surface area contributed by atoms with Gasteiger partial charge in [-0.1, -0.05) is 37.1 Å². The predicted molar refractivity (Wildman–Crippen MR) is 85.8 cm³/mol. The maximum atomic E-state index is 13.3. The van der Waals surface area contributed by atoms with Gasteiger partial charge in [0.2, 0.25) is 0 Å². The largest absolute Gasteiger partial charge is 0.385 e. The number of aliphatic hydroxyl groups is 1. The maximum Gasteiger partial charge on any atom is 0.272 e. The number of nitrogens with zero attached hydrogens (tertiary/aromatic N) is 1. The van der Waals surface area contributed by atoms with Gasteiger partial charge in [0.15, 0.2) is 0 Å². The van der Waals surface area contributed by atoms with Crippen LogP contribution in [0.1, 0.15) is 31.2 Å². The predicted octanol–water partition coefficient (Wildman–Crippen LogP) is 3.20. The highest BCUT2D eigenvalue weighted by atomic mass is 19.1. The van der Waals surface area contributed by atoms with Crippen LogP contribution < -0.4 is 5.56 Å². The van der Waals surface area contributed by atoms with Crippen LogP contribution in [0.5, 0.6) is 0 Å². The summed E-state index contributed by atoms with van der Waals surface area (Å²) < 4.78 is 14.8. The minimum Gasteiger partial charge on any atom is -0.385 e. The number of fused-ring (bicyclic) bond motifs is 1. The molecule has 1 aliphatic carbocycles. The van der Waals surface area contributed by atoms with Crippen molar-refractivity contribution >= 4 is 5.52 Å². The summed E-state index contributed by atoms with van der Waals surface area (Å²) in [5.41, 5.74) is 1.58. The summed E-state index contributed by atoms with van der Waals surface area (Å²) in [5.74, 6) is -0.438. The lowest BCUT2D eigenvalue weighted by molar-refractivity contribution is 0.0445. The van der Waals surface area contributed by atoms with Crippen molar-refractivity contribution in [3.8, 4) is 11.3 Å². The average Bonchev–Trinajstić information content (AvgIpc) is 3.14. The second-order valence-electron chi connectivity index (χ2n) is 6.26. The van der Waals surface area contributed by atoms with Crippen molar-refractivity contribution in [2.45, 2.75) is 31.3 Å². The molecule has 4 nitrogen and oxygen atoms in total. The fraction of sp³-hybridized carbons (Fsp3) is 0.278. The molecule has 1 fully saturated rings. The number of nitrogens with one attached hydrogen (secondary N) is 1. The van der Waals surface area contributed by atoms with E-state index in [4.69, 9.17) is 0 Å². The van der Waals surface area contributed by atoms with Gasteiger partial charge < -0.3 is 14.5 Å². The van der Waals surface area contributed by atoms with Crippen molar-refractivity contribution in [2.75, 3.05) is 0 Å². The molecule has 2 heterocycles. The molecule has 0 spiro atoms. The minimum absolute atomic E-state index is 0.281. The lowest BCUT2D eigenvalue weighted by Gasteiger charge is -2.22. The lowest BCUT2D eigenvalue weighted by Crippen LogP contribution is -2.20. The molecule has 0 aliphatic heterocycles. The average molecular weight is 312 g/mol. The standard InChI is InChI=1S/C18H17FN2O2/c19-14-9-16-17(22)20-15(11-21(16)10-14)12-3-5-13(6-4-12)18(23)7-1-2-8-18/h3-6,9-11,23H,1-2,7-8H2,(H,20,22). The third-order valence-electron chi connectivity index (χ3n) is 4.73. The van der Waals surface area contributed by atoms with Gasteiger partial charge in [-0.25, -0.2) is 4.39 Å². The van der Waals surface area contributed by atoms with E-state index in [0.29, 0.717) is 5.69 Å². The second kappa shape index (κ2) is 5.06. The van der Waals surface area contributed by atoms with E-state index in [1.165, 1.54) is 16.7 Å². The minimum atomic E-state index is -0.723. The Balaban J connectivity index is 1.74. The molecule has 4 rings (SSSR count). The van der Waals surface area contributed by atoms with E-state index < -0.39 is 11.4 Å². The van der Waals surface area contributed by atoms with E-state index in [2.05, 4.69) is 4.98 Å². The number of aromatic amines is 1. The maximum absolute atomic E-state index is 13.3. The summed E-state index contributed by atoms with van der Waals surface area (Å²) in [5, 5.41) is 10.6. The molecule has 0 amide bonds. The van der Waals surface area contributed by atoms with Crippen molar-refractivity contribution < 1.29 is 9.50 Å². The van der Waals surface area contributed by atoms with Gasteiger partial charge in [0.05, 0.1) is 11.3 Å². The van der Waals surface area contributed by atoms with Crippen LogP contribution in [0, 0.1) is 5.82 Å². The third kappa shape index (κ3) is 2.37. The number of benzene rings is 1. The first-order valence-corrected chi connectivity index (χ1v) is 7.79. The van der Waals surface area contributed by atoms with Crippen molar-refractivity contribution in [3.05, 3.63) is 64.5 Å². The summed E-state index contributed by atoms with van der Waals surface area (Å²) >= 11 is 0. The highest BCUT2D eigenvalue weighted by molar-refractivity contribution is 5.61. The van der Waals surface area contributed by atoms with Gasteiger partial charge in [-0.3, -0.25) is 4.79 Å². The summed E-state index contributed by atoms with van der Waals surface area (Å²) in [6.45, 7) is 0. The van der Waals surface area contributed by atoms with E-state index in [-0.39, 0.29) is 11.1 Å². The van der Waals surface area contributed by atoms with Crippen LogP contribution in [0.25, 0.3) is 16.8 Å². The van der Waals surface area contributed by atoms with Crippen molar-refractivity contribution in [1.82, 2.24) is 9.38 Å². The van der Waals surface area contributed by atoms with Gasteiger partial charge in [-0.2, -0.15) is 0 Å². The zero-order valence-corrected chi connectivity index (χ0v) is 12.6. The molecule has 1 saturated carbocycles. The first-order chi connectivity index (χ1) is 11.0. The zero-order valence-electron chi connectivity index (χ0n) is 12.6. The van der Waals surface area contributed by atoms with Crippen LogP contribution in [0.3, 0.4) is 0 Å². The molecule has 1 aliphatic rings. The van der Waals surface area contributed by atoms with Gasteiger partial charge in [0.1, 0.15) is 11.3 Å². The molecule has 3 aromatic rings. The summed E-state index contributed by atoms with van der Waals surface area (Å²) in [6, 6.07) is 8.77. The molecular formula is C18H17FN2O2. The Morgan fingerprint density at radius 3 is 2.52 bits per heavy atom. The summed E-state index contributed by atoms with van der Waals surface area (Å²) in [6.07, 6.45) is 6.64. The van der Waals surface area contributed by atoms with Crippen molar-refractivity contribution in [1.29, 1.82) is 0 Å². The Kier molecular flexibility index (Phi) is 3.13. The molecule has 23 heavy (non-hydrogen) atoms. The van der Waals surface area contributed by atoms with Gasteiger partial charge in [-0.15, -0.1) is 0 Å². The zero-order chi connectivity index (χ0) is 16.0. The Morgan fingerprint density at radius 1 is 1.13 bits per heavy atom. The first-order valence-electron chi connectivity index (χ1n) is 7.79. The molecular weight excluding hydrogens is 295 g/mol. The Labute approximate surface area is 132 Å². The number of hydrogen-bond donors (Lipinski definition) is 2. The number of rotatable bonds is 2. The number of hydrogen-bond acceptors (Lipinski definition) is 2. The van der Waals surface area contributed by atoms with Crippen LogP contribution in [0.4, 0.5) is 4.39 Å². The monoisotopic (exact) mass is 312 g/mol. The number of halogens is 1. The normalized spacial score (nSPS) is 17.0. The van der Waals surface area contributed by atoms with E-state index in [0.717, 1.165) is 36.8 Å². The molecule has 0 radical (unpaired) electrons. The number of H-pyrrole nitrogens is 1. The van der Waals surface area contributed by atoms with Crippen LogP contribution >= 0.6 is 0 Å². The molecule has 2 aromatic heterocycles. The van der Waals surface area contributed by atoms with Crippen LogP contribution in [-0.4, -0.2) is 14.5 Å². The van der Waals surface area contributed by atoms with Crippen molar-refractivity contribution in [3.63, 3.8) is 0 Å². The smallest absolute Gasteiger partial charge is 0.272 e. The quantitative estimate of drug-likeness (QED) is 0.763. The van der Waals surface area contributed by atoms with Crippen LogP contribution in [-0.2, 0) is 5.60 Å². The van der Waals surface area contributed by atoms with Gasteiger partial charge in [0.25, 0.3) is 5.56 Å².